The molecule has 0 aliphatic carbocycles. The molecule has 2 heterocycles. The van der Waals surface area contributed by atoms with Crippen LogP contribution in [0.4, 0.5) is 8.78 Å². The van der Waals surface area contributed by atoms with Crippen molar-refractivity contribution in [1.29, 1.82) is 0 Å². The molecule has 0 bridgehead atoms. The molecular weight excluding hydrogens is 162 g/mol. The third-order valence-electron chi connectivity index (χ3n) is 2.78. The maximum Gasteiger partial charge on any atom is 0.262 e. The van der Waals surface area contributed by atoms with E-state index in [0.29, 0.717) is 0 Å². The molecule has 2 aliphatic heterocycles. The van der Waals surface area contributed by atoms with Crippen molar-refractivity contribution in [2.75, 3.05) is 33.2 Å². The Balaban J connectivity index is 2.02. The Morgan fingerprint density at radius 1 is 1.33 bits per heavy atom. The van der Waals surface area contributed by atoms with Crippen LogP contribution in [0.5, 0.6) is 0 Å². The molecule has 2 rings (SSSR count). The fraction of sp³-hybridized carbons (Fsp3) is 1.00. The van der Waals surface area contributed by atoms with Gasteiger partial charge in [-0.1, -0.05) is 0 Å². The highest BCUT2D eigenvalue weighted by Gasteiger charge is 2.46. The van der Waals surface area contributed by atoms with E-state index in [1.165, 1.54) is 0 Å². The van der Waals surface area contributed by atoms with Gasteiger partial charge in [-0.05, 0) is 7.05 Å². The maximum absolute atomic E-state index is 12.9. The quantitative estimate of drug-likeness (QED) is 0.534. The number of hydrogen-bond donors (Lipinski definition) is 0. The van der Waals surface area contributed by atoms with Crippen molar-refractivity contribution >= 4 is 0 Å². The largest absolute Gasteiger partial charge is 0.304 e. The molecular formula is C8H14F2N2. The second kappa shape index (κ2) is 2.64. The summed E-state index contributed by atoms with van der Waals surface area (Å²) in [5.41, 5.74) is 0. The summed E-state index contributed by atoms with van der Waals surface area (Å²) in [6.45, 7) is 2.50. The average molecular weight is 176 g/mol. The summed E-state index contributed by atoms with van der Waals surface area (Å²) >= 11 is 0. The highest BCUT2D eigenvalue weighted by Crippen LogP contribution is 2.33. The molecule has 2 fully saturated rings. The molecule has 4 heteroatoms. The third kappa shape index (κ3) is 1.45. The first-order valence-corrected chi connectivity index (χ1v) is 4.37. The van der Waals surface area contributed by atoms with E-state index >= 15 is 0 Å². The van der Waals surface area contributed by atoms with Gasteiger partial charge in [-0.2, -0.15) is 0 Å². The summed E-state index contributed by atoms with van der Waals surface area (Å²) < 4.78 is 25.8. The number of halogens is 2. The number of fused-ring (bicyclic) bond motifs is 1. The van der Waals surface area contributed by atoms with E-state index in [0.717, 1.165) is 19.6 Å². The van der Waals surface area contributed by atoms with Crippen molar-refractivity contribution in [1.82, 2.24) is 9.80 Å². The third-order valence-corrected chi connectivity index (χ3v) is 2.78. The number of alkyl halides is 2. The van der Waals surface area contributed by atoms with Crippen LogP contribution in [0.3, 0.4) is 0 Å². The molecule has 0 aromatic carbocycles. The second-order valence-corrected chi connectivity index (χ2v) is 3.95. The molecule has 70 valence electrons. The van der Waals surface area contributed by atoms with Crippen molar-refractivity contribution in [2.24, 2.45) is 0 Å². The number of hydrogen-bond acceptors (Lipinski definition) is 2. The van der Waals surface area contributed by atoms with Crippen LogP contribution in [-0.2, 0) is 0 Å². The molecule has 0 amide bonds. The minimum absolute atomic E-state index is 0.0223. The van der Waals surface area contributed by atoms with Crippen molar-refractivity contribution in [3.05, 3.63) is 0 Å². The first-order valence-electron chi connectivity index (χ1n) is 4.37. The minimum atomic E-state index is -2.43. The Kier molecular flexibility index (Phi) is 1.84. The van der Waals surface area contributed by atoms with E-state index < -0.39 is 5.92 Å². The zero-order valence-corrected chi connectivity index (χ0v) is 7.26. The molecule has 0 spiro atoms. The van der Waals surface area contributed by atoms with Gasteiger partial charge >= 0.3 is 0 Å². The zero-order chi connectivity index (χ0) is 8.77. The molecule has 2 aliphatic rings. The Bertz CT molecular complexity index is 184. The van der Waals surface area contributed by atoms with Crippen molar-refractivity contribution in [2.45, 2.75) is 18.4 Å². The van der Waals surface area contributed by atoms with Gasteiger partial charge in [0, 0.05) is 32.1 Å². The lowest BCUT2D eigenvalue weighted by Crippen LogP contribution is -2.48. The number of rotatable bonds is 0. The molecule has 0 aromatic rings. The van der Waals surface area contributed by atoms with Crippen molar-refractivity contribution in [3.8, 4) is 0 Å². The number of nitrogens with zero attached hydrogens (tertiary/aromatic N) is 2. The van der Waals surface area contributed by atoms with Gasteiger partial charge in [0.25, 0.3) is 5.92 Å². The van der Waals surface area contributed by atoms with Gasteiger partial charge in [-0.3, -0.25) is 4.90 Å². The van der Waals surface area contributed by atoms with Gasteiger partial charge in [-0.25, -0.2) is 8.78 Å². The molecule has 0 aromatic heterocycles. The molecule has 0 N–H and O–H groups in total. The maximum atomic E-state index is 12.9. The van der Waals surface area contributed by atoms with Gasteiger partial charge in [0.05, 0.1) is 6.54 Å². The highest BCUT2D eigenvalue weighted by atomic mass is 19.3. The Morgan fingerprint density at radius 2 is 2.08 bits per heavy atom. The van der Waals surface area contributed by atoms with Crippen LogP contribution in [0.25, 0.3) is 0 Å². The normalized spacial score (nSPS) is 36.8. The Morgan fingerprint density at radius 3 is 2.83 bits per heavy atom. The molecule has 0 unspecified atom stereocenters. The van der Waals surface area contributed by atoms with E-state index in [1.54, 1.807) is 0 Å². The first-order chi connectivity index (χ1) is 5.57. The topological polar surface area (TPSA) is 6.48 Å². The van der Waals surface area contributed by atoms with Crippen LogP contribution in [-0.4, -0.2) is 55.0 Å². The van der Waals surface area contributed by atoms with E-state index in [2.05, 4.69) is 4.90 Å². The van der Waals surface area contributed by atoms with Crippen LogP contribution < -0.4 is 0 Å². The Labute approximate surface area is 71.1 Å². The minimum Gasteiger partial charge on any atom is -0.304 e. The SMILES string of the molecule is CN1CCN2CC(F)(F)C[C@H]2C1. The predicted octanol–water partition coefficient (Wildman–Crippen LogP) is 0.641. The predicted molar refractivity (Wildman–Crippen MR) is 42.4 cm³/mol. The highest BCUT2D eigenvalue weighted by molar-refractivity contribution is 4.94. The van der Waals surface area contributed by atoms with Crippen LogP contribution in [0, 0.1) is 0 Å². The van der Waals surface area contributed by atoms with Crippen LogP contribution >= 0.6 is 0 Å². The van der Waals surface area contributed by atoms with Gasteiger partial charge in [0.2, 0.25) is 0 Å². The summed E-state index contributed by atoms with van der Waals surface area (Å²) in [5.74, 6) is -2.43. The standard InChI is InChI=1S/C8H14F2N2/c1-11-2-3-12-6-8(9,10)4-7(12)5-11/h7H,2-6H2,1H3/t7-/m0/s1. The lowest BCUT2D eigenvalue weighted by Gasteiger charge is -2.34. The number of piperazine rings is 1. The molecule has 1 atom stereocenters. The van der Waals surface area contributed by atoms with Crippen molar-refractivity contribution in [3.63, 3.8) is 0 Å². The first kappa shape index (κ1) is 8.38. The fourth-order valence-electron chi connectivity index (χ4n) is 2.16. The van der Waals surface area contributed by atoms with E-state index in [9.17, 15) is 8.78 Å². The number of likely N-dealkylation sites (N-methyl/N-ethyl adjacent to an activating group) is 1. The zero-order valence-electron chi connectivity index (χ0n) is 7.26. The lowest BCUT2D eigenvalue weighted by molar-refractivity contribution is 0.0121. The van der Waals surface area contributed by atoms with E-state index in [-0.39, 0.29) is 19.0 Å². The Hall–Kier alpha value is -0.220. The lowest BCUT2D eigenvalue weighted by atomic mass is 10.1. The van der Waals surface area contributed by atoms with Gasteiger partial charge in [0.1, 0.15) is 0 Å². The molecule has 2 saturated heterocycles. The van der Waals surface area contributed by atoms with Crippen LogP contribution in [0.15, 0.2) is 0 Å². The summed E-state index contributed by atoms with van der Waals surface area (Å²) in [5, 5.41) is 0. The van der Waals surface area contributed by atoms with Crippen LogP contribution in [0.1, 0.15) is 6.42 Å². The average Bonchev–Trinajstić information content (AvgIpc) is 2.21. The summed E-state index contributed by atoms with van der Waals surface area (Å²) in [6, 6.07) is 0.0961. The molecule has 0 saturated carbocycles. The smallest absolute Gasteiger partial charge is 0.262 e. The van der Waals surface area contributed by atoms with Gasteiger partial charge in [-0.15, -0.1) is 0 Å². The second-order valence-electron chi connectivity index (χ2n) is 3.95. The molecule has 2 nitrogen and oxygen atoms in total. The van der Waals surface area contributed by atoms with E-state index in [1.807, 2.05) is 11.9 Å². The van der Waals surface area contributed by atoms with Gasteiger partial charge < -0.3 is 4.90 Å². The summed E-state index contributed by atoms with van der Waals surface area (Å²) in [7, 11) is 1.99. The fourth-order valence-corrected chi connectivity index (χ4v) is 2.16. The summed E-state index contributed by atoms with van der Waals surface area (Å²) in [4.78, 5) is 4.04. The van der Waals surface area contributed by atoms with Gasteiger partial charge in [0.15, 0.2) is 0 Å². The molecule has 0 radical (unpaired) electrons. The molecule has 12 heavy (non-hydrogen) atoms. The van der Waals surface area contributed by atoms with E-state index in [4.69, 9.17) is 0 Å². The monoisotopic (exact) mass is 176 g/mol. The van der Waals surface area contributed by atoms with Crippen molar-refractivity contribution < 1.29 is 8.78 Å². The van der Waals surface area contributed by atoms with Crippen LogP contribution in [0.2, 0.25) is 0 Å². The summed E-state index contributed by atoms with van der Waals surface area (Å²) in [6.07, 6.45) is 0.0529.